The smallest absolute Gasteiger partial charge is 0.362 e. The predicted octanol–water partition coefficient (Wildman–Crippen LogP) is 5.68. The lowest BCUT2D eigenvalue weighted by molar-refractivity contribution is -0.137. The number of dihydropyridines is 1. The first kappa shape index (κ1) is 21.4. The lowest BCUT2D eigenvalue weighted by Crippen LogP contribution is -2.35. The predicted molar refractivity (Wildman–Crippen MR) is 114 cm³/mol. The second-order valence-electron chi connectivity index (χ2n) is 7.77. The van der Waals surface area contributed by atoms with Crippen LogP contribution in [0.15, 0.2) is 58.3 Å². The molecule has 1 aliphatic heterocycles. The molecule has 2 aromatic rings. The van der Waals surface area contributed by atoms with Crippen molar-refractivity contribution in [2.24, 2.45) is 0 Å². The van der Waals surface area contributed by atoms with E-state index in [4.69, 9.17) is 0 Å². The number of alkyl halides is 3. The molecule has 1 unspecified atom stereocenters. The molecule has 162 valence electrons. The first-order chi connectivity index (χ1) is 14.7. The van der Waals surface area contributed by atoms with Gasteiger partial charge in [-0.2, -0.15) is 13.2 Å². The molecule has 0 fully saturated rings. The largest absolute Gasteiger partial charge is 0.416 e. The number of thiophene rings is 1. The fourth-order valence-electron chi connectivity index (χ4n) is 4.20. The molecule has 31 heavy (non-hydrogen) atoms. The van der Waals surface area contributed by atoms with E-state index in [1.807, 2.05) is 18.4 Å². The summed E-state index contributed by atoms with van der Waals surface area (Å²) in [4.78, 5) is 27.1. The number of anilines is 1. The Balaban J connectivity index is 1.75. The van der Waals surface area contributed by atoms with Crippen LogP contribution in [0.1, 0.15) is 48.1 Å². The summed E-state index contributed by atoms with van der Waals surface area (Å²) in [5, 5.41) is 7.74. The van der Waals surface area contributed by atoms with Crippen LogP contribution in [0.25, 0.3) is 0 Å². The quantitative estimate of drug-likeness (QED) is 0.638. The Labute approximate surface area is 181 Å². The number of hydrogen-bond acceptors (Lipinski definition) is 4. The number of ketones is 1. The summed E-state index contributed by atoms with van der Waals surface area (Å²) in [5.74, 6) is -1.05. The summed E-state index contributed by atoms with van der Waals surface area (Å²) in [6, 6.07) is 6.48. The summed E-state index contributed by atoms with van der Waals surface area (Å²) in [6.07, 6.45) is -2.61. The highest BCUT2D eigenvalue weighted by molar-refractivity contribution is 7.10. The molecule has 1 aliphatic carbocycles. The van der Waals surface area contributed by atoms with Crippen molar-refractivity contribution in [2.45, 2.75) is 45.2 Å². The van der Waals surface area contributed by atoms with Gasteiger partial charge in [0.1, 0.15) is 0 Å². The van der Waals surface area contributed by atoms with Gasteiger partial charge in [0, 0.05) is 39.5 Å². The first-order valence-electron chi connectivity index (χ1n) is 9.93. The van der Waals surface area contributed by atoms with Crippen molar-refractivity contribution in [1.29, 1.82) is 0 Å². The van der Waals surface area contributed by atoms with Gasteiger partial charge in [-0.1, -0.05) is 6.07 Å². The van der Waals surface area contributed by atoms with Crippen LogP contribution in [0.4, 0.5) is 18.9 Å². The zero-order chi connectivity index (χ0) is 22.3. The highest BCUT2D eigenvalue weighted by Crippen LogP contribution is 2.45. The number of hydrogen-bond donors (Lipinski definition) is 2. The minimum absolute atomic E-state index is 0.00317. The fourth-order valence-corrected chi connectivity index (χ4v) is 5.24. The average Bonchev–Trinajstić information content (AvgIpc) is 3.12. The lowest BCUT2D eigenvalue weighted by atomic mass is 9.77. The number of allylic oxidation sites excluding steroid dienone is 3. The van der Waals surface area contributed by atoms with Crippen molar-refractivity contribution in [3.8, 4) is 0 Å². The van der Waals surface area contributed by atoms with E-state index in [1.54, 1.807) is 6.92 Å². The fraction of sp³-hybridized carbons (Fsp3) is 0.304. The monoisotopic (exact) mass is 446 g/mol. The number of halogens is 3. The molecule has 1 atom stereocenters. The first-order valence-corrected chi connectivity index (χ1v) is 10.8. The normalized spacial score (nSPS) is 19.3. The summed E-state index contributed by atoms with van der Waals surface area (Å²) in [5.41, 5.74) is 2.58. The molecular formula is C23H21F3N2O2S. The number of benzene rings is 1. The molecule has 0 saturated heterocycles. The Morgan fingerprint density at radius 3 is 2.65 bits per heavy atom. The van der Waals surface area contributed by atoms with Gasteiger partial charge in [-0.3, -0.25) is 9.59 Å². The van der Waals surface area contributed by atoms with Crippen molar-refractivity contribution >= 4 is 28.7 Å². The molecule has 0 saturated carbocycles. The van der Waals surface area contributed by atoms with Crippen molar-refractivity contribution in [3.05, 3.63) is 74.3 Å². The van der Waals surface area contributed by atoms with Gasteiger partial charge < -0.3 is 10.6 Å². The molecule has 2 N–H and O–H groups in total. The van der Waals surface area contributed by atoms with Crippen LogP contribution in [0, 0.1) is 6.92 Å². The van der Waals surface area contributed by atoms with Crippen molar-refractivity contribution in [3.63, 3.8) is 0 Å². The van der Waals surface area contributed by atoms with E-state index in [9.17, 15) is 22.8 Å². The highest BCUT2D eigenvalue weighted by atomic mass is 32.1. The van der Waals surface area contributed by atoms with Gasteiger partial charge in [-0.05, 0) is 61.9 Å². The topological polar surface area (TPSA) is 58.2 Å². The van der Waals surface area contributed by atoms with Gasteiger partial charge >= 0.3 is 6.18 Å². The highest BCUT2D eigenvalue weighted by Gasteiger charge is 2.39. The van der Waals surface area contributed by atoms with E-state index in [-0.39, 0.29) is 11.5 Å². The van der Waals surface area contributed by atoms with Gasteiger partial charge in [0.25, 0.3) is 5.91 Å². The molecule has 1 aromatic carbocycles. The van der Waals surface area contributed by atoms with E-state index in [2.05, 4.69) is 10.6 Å². The second-order valence-corrected chi connectivity index (χ2v) is 8.71. The van der Waals surface area contributed by atoms with E-state index in [0.29, 0.717) is 23.3 Å². The number of amides is 1. The van der Waals surface area contributed by atoms with Crippen LogP contribution < -0.4 is 10.6 Å². The Bertz CT molecular complexity index is 1130. The molecule has 0 spiro atoms. The third-order valence-electron chi connectivity index (χ3n) is 5.63. The van der Waals surface area contributed by atoms with Crippen molar-refractivity contribution < 1.29 is 22.8 Å². The summed E-state index contributed by atoms with van der Waals surface area (Å²) in [6.45, 7) is 3.69. The Morgan fingerprint density at radius 1 is 1.19 bits per heavy atom. The Morgan fingerprint density at radius 2 is 1.97 bits per heavy atom. The molecule has 8 heteroatoms. The molecule has 1 aromatic heterocycles. The molecule has 2 heterocycles. The number of carbonyl (C=O) groups excluding carboxylic acids is 2. The number of aryl methyl sites for hydroxylation is 1. The second kappa shape index (κ2) is 8.00. The van der Waals surface area contributed by atoms with Gasteiger partial charge in [-0.15, -0.1) is 11.3 Å². The molecule has 1 amide bonds. The lowest BCUT2D eigenvalue weighted by Gasteiger charge is -2.34. The van der Waals surface area contributed by atoms with E-state index < -0.39 is 23.6 Å². The van der Waals surface area contributed by atoms with Crippen molar-refractivity contribution in [2.75, 3.05) is 5.32 Å². The Hall–Kier alpha value is -2.87. The molecule has 2 aliphatic rings. The third kappa shape index (κ3) is 4.04. The average molecular weight is 446 g/mol. The van der Waals surface area contributed by atoms with Crippen molar-refractivity contribution in [1.82, 2.24) is 5.32 Å². The van der Waals surface area contributed by atoms with Crippen LogP contribution in [0.2, 0.25) is 0 Å². The van der Waals surface area contributed by atoms with Crippen LogP contribution >= 0.6 is 11.3 Å². The van der Waals surface area contributed by atoms with Crippen LogP contribution in [0.5, 0.6) is 0 Å². The van der Waals surface area contributed by atoms with E-state index in [1.165, 1.54) is 23.5 Å². The van der Waals surface area contributed by atoms with E-state index >= 15 is 0 Å². The third-order valence-corrected chi connectivity index (χ3v) is 6.72. The van der Waals surface area contributed by atoms with Crippen LogP contribution in [0.3, 0.4) is 0 Å². The maximum atomic E-state index is 13.3. The Kier molecular flexibility index (Phi) is 5.51. The van der Waals surface area contributed by atoms with Gasteiger partial charge in [0.2, 0.25) is 0 Å². The molecular weight excluding hydrogens is 425 g/mol. The number of nitrogens with one attached hydrogen (secondary N) is 2. The zero-order valence-corrected chi connectivity index (χ0v) is 17.8. The van der Waals surface area contributed by atoms with Gasteiger partial charge in [0.15, 0.2) is 5.78 Å². The van der Waals surface area contributed by atoms with Gasteiger partial charge in [-0.25, -0.2) is 0 Å². The summed E-state index contributed by atoms with van der Waals surface area (Å²) in [7, 11) is 0. The number of carbonyl (C=O) groups is 2. The SMILES string of the molecule is CC1=C(C(=O)Nc2cccc(C(F)(F)F)c2)C(c2sccc2C)C2=C(CCCC2=O)N1. The number of Topliss-reactive ketones (excluding diaryl/α,β-unsaturated/α-hetero) is 1. The summed E-state index contributed by atoms with van der Waals surface area (Å²) < 4.78 is 39.2. The maximum Gasteiger partial charge on any atom is 0.416 e. The number of rotatable bonds is 3. The van der Waals surface area contributed by atoms with Crippen LogP contribution in [-0.2, 0) is 15.8 Å². The van der Waals surface area contributed by atoms with Crippen LogP contribution in [-0.4, -0.2) is 11.7 Å². The minimum Gasteiger partial charge on any atom is -0.362 e. The molecule has 4 rings (SSSR count). The minimum atomic E-state index is -4.51. The van der Waals surface area contributed by atoms with E-state index in [0.717, 1.165) is 41.1 Å². The molecule has 4 nitrogen and oxygen atoms in total. The zero-order valence-electron chi connectivity index (χ0n) is 17.0. The van der Waals surface area contributed by atoms with Gasteiger partial charge in [0.05, 0.1) is 11.5 Å². The maximum absolute atomic E-state index is 13.3. The summed E-state index contributed by atoms with van der Waals surface area (Å²) >= 11 is 1.47. The molecule has 0 radical (unpaired) electrons. The molecule has 0 bridgehead atoms. The standard InChI is InChI=1S/C23H21F3N2O2S/c1-12-9-10-31-21(12)20-18(13(2)27-16-7-4-8-17(29)19(16)20)22(30)28-15-6-3-5-14(11-15)23(24,25)26/h3,5-6,9-11,20,27H,4,7-8H2,1-2H3,(H,28,30).